The van der Waals surface area contributed by atoms with Crippen LogP contribution in [0.4, 0.5) is 0 Å². The molecule has 0 saturated carbocycles. The van der Waals surface area contributed by atoms with Gasteiger partial charge in [-0.2, -0.15) is 0 Å². The van der Waals surface area contributed by atoms with Gasteiger partial charge < -0.3 is 33.8 Å². The molecule has 3 N–H and O–H groups in total. The van der Waals surface area contributed by atoms with Gasteiger partial charge in [0.1, 0.15) is 19.3 Å². The maximum absolute atomic E-state index is 13.1. The molecule has 0 amide bonds. The average Bonchev–Trinajstić information content (AvgIpc) is 2.12. The Kier molecular flexibility index (Phi) is 63.1. The molecule has 17 nitrogen and oxygen atoms in total. The van der Waals surface area contributed by atoms with E-state index in [0.717, 1.165) is 120 Å². The van der Waals surface area contributed by atoms with Crippen molar-refractivity contribution in [3.63, 3.8) is 0 Å². The second-order valence-corrected chi connectivity index (χ2v) is 31.6. The Hall–Kier alpha value is -1.94. The van der Waals surface area contributed by atoms with Crippen LogP contribution in [-0.4, -0.2) is 96.7 Å². The maximum atomic E-state index is 13.1. The summed E-state index contributed by atoms with van der Waals surface area (Å²) in [4.78, 5) is 72.8. The molecule has 0 aliphatic carbocycles. The highest BCUT2D eigenvalue weighted by atomic mass is 31.2. The van der Waals surface area contributed by atoms with Crippen LogP contribution in [0.2, 0.25) is 0 Å². The molecule has 0 aliphatic rings. The molecular formula is C75H146O17P2. The summed E-state index contributed by atoms with van der Waals surface area (Å²) in [5.74, 6) is 0.919. The molecule has 0 spiro atoms. The van der Waals surface area contributed by atoms with Crippen LogP contribution in [0.15, 0.2) is 0 Å². The molecule has 19 heteroatoms. The molecular weight excluding hydrogens is 1230 g/mol. The molecule has 6 atom stereocenters. The maximum Gasteiger partial charge on any atom is 0.472 e. The smallest absolute Gasteiger partial charge is 0.462 e. The van der Waals surface area contributed by atoms with E-state index in [-0.39, 0.29) is 25.7 Å². The van der Waals surface area contributed by atoms with E-state index in [9.17, 15) is 43.2 Å². The Morgan fingerprint density at radius 1 is 0.298 bits per heavy atom. The Morgan fingerprint density at radius 2 is 0.511 bits per heavy atom. The van der Waals surface area contributed by atoms with Crippen LogP contribution in [0.3, 0.4) is 0 Å². The van der Waals surface area contributed by atoms with E-state index in [4.69, 9.17) is 37.0 Å². The minimum Gasteiger partial charge on any atom is -0.462 e. The minimum atomic E-state index is -4.96. The predicted octanol–water partition coefficient (Wildman–Crippen LogP) is 21.7. The summed E-state index contributed by atoms with van der Waals surface area (Å²) in [6.45, 7) is 14.2. The van der Waals surface area contributed by atoms with Gasteiger partial charge in [-0.05, 0) is 49.4 Å². The largest absolute Gasteiger partial charge is 0.472 e. The summed E-state index contributed by atoms with van der Waals surface area (Å²) in [5, 5.41) is 10.6. The zero-order valence-electron chi connectivity index (χ0n) is 61.6. The molecule has 94 heavy (non-hydrogen) atoms. The highest BCUT2D eigenvalue weighted by Gasteiger charge is 2.30. The highest BCUT2D eigenvalue weighted by molar-refractivity contribution is 7.47. The minimum absolute atomic E-state index is 0.106. The highest BCUT2D eigenvalue weighted by Crippen LogP contribution is 2.45. The van der Waals surface area contributed by atoms with Crippen molar-refractivity contribution in [2.45, 2.75) is 395 Å². The van der Waals surface area contributed by atoms with E-state index in [1.54, 1.807) is 0 Å². The number of aliphatic hydroxyl groups excluding tert-OH is 1. The Morgan fingerprint density at radius 3 is 0.755 bits per heavy atom. The number of hydrogen-bond acceptors (Lipinski definition) is 15. The molecule has 0 radical (unpaired) electrons. The van der Waals surface area contributed by atoms with E-state index in [1.165, 1.54) is 173 Å². The topological polar surface area (TPSA) is 237 Å². The third-order valence-corrected chi connectivity index (χ3v) is 19.6. The van der Waals surface area contributed by atoms with Crippen LogP contribution < -0.4 is 0 Å². The lowest BCUT2D eigenvalue weighted by Gasteiger charge is -2.21. The van der Waals surface area contributed by atoms with E-state index in [2.05, 4.69) is 55.4 Å². The number of aliphatic hydroxyl groups is 1. The van der Waals surface area contributed by atoms with Gasteiger partial charge >= 0.3 is 39.5 Å². The van der Waals surface area contributed by atoms with Gasteiger partial charge in [0, 0.05) is 25.7 Å². The molecule has 0 bridgehead atoms. The fraction of sp³-hybridized carbons (Fsp3) is 0.947. The van der Waals surface area contributed by atoms with Crippen molar-refractivity contribution in [2.75, 3.05) is 39.6 Å². The molecule has 0 rings (SSSR count). The van der Waals surface area contributed by atoms with Crippen LogP contribution in [-0.2, 0) is 65.4 Å². The lowest BCUT2D eigenvalue weighted by molar-refractivity contribution is -0.161. The fourth-order valence-electron chi connectivity index (χ4n) is 11.3. The molecule has 0 aromatic carbocycles. The van der Waals surface area contributed by atoms with Crippen LogP contribution in [0.1, 0.15) is 376 Å². The summed E-state index contributed by atoms with van der Waals surface area (Å²) in [5.41, 5.74) is 0. The molecule has 0 aromatic heterocycles. The third kappa shape index (κ3) is 67.3. The van der Waals surface area contributed by atoms with Gasteiger partial charge in [-0.1, -0.05) is 325 Å². The van der Waals surface area contributed by atoms with E-state index < -0.39 is 97.5 Å². The summed E-state index contributed by atoms with van der Waals surface area (Å²) in [7, 11) is -9.91. The summed E-state index contributed by atoms with van der Waals surface area (Å²) < 4.78 is 68.5. The van der Waals surface area contributed by atoms with Gasteiger partial charge in [-0.25, -0.2) is 9.13 Å². The summed E-state index contributed by atoms with van der Waals surface area (Å²) >= 11 is 0. The third-order valence-electron chi connectivity index (χ3n) is 17.7. The van der Waals surface area contributed by atoms with Gasteiger partial charge in [-0.15, -0.1) is 0 Å². The first-order valence-electron chi connectivity index (χ1n) is 38.7. The van der Waals surface area contributed by atoms with Gasteiger partial charge in [0.2, 0.25) is 0 Å². The number of rotatable bonds is 72. The lowest BCUT2D eigenvalue weighted by Crippen LogP contribution is -2.30. The first-order chi connectivity index (χ1) is 45.1. The summed E-state index contributed by atoms with van der Waals surface area (Å²) in [6.07, 6.45) is 48.6. The van der Waals surface area contributed by atoms with Crippen molar-refractivity contribution < 1.29 is 80.2 Å². The number of hydrogen-bond donors (Lipinski definition) is 3. The van der Waals surface area contributed by atoms with Crippen molar-refractivity contribution in [1.82, 2.24) is 0 Å². The van der Waals surface area contributed by atoms with E-state index >= 15 is 0 Å². The molecule has 3 unspecified atom stereocenters. The van der Waals surface area contributed by atoms with Crippen LogP contribution in [0, 0.1) is 23.7 Å². The van der Waals surface area contributed by atoms with Crippen LogP contribution in [0.25, 0.3) is 0 Å². The molecule has 0 heterocycles. The van der Waals surface area contributed by atoms with Crippen LogP contribution >= 0.6 is 15.6 Å². The van der Waals surface area contributed by atoms with Crippen molar-refractivity contribution in [2.24, 2.45) is 23.7 Å². The van der Waals surface area contributed by atoms with Crippen molar-refractivity contribution in [3.05, 3.63) is 0 Å². The Balaban J connectivity index is 5.24. The van der Waals surface area contributed by atoms with Crippen molar-refractivity contribution >= 4 is 39.5 Å². The normalized spacial score (nSPS) is 14.4. The number of ether oxygens (including phenoxy) is 4. The zero-order valence-corrected chi connectivity index (χ0v) is 63.4. The number of phosphoric ester groups is 2. The number of esters is 4. The number of phosphoric acid groups is 2. The van der Waals surface area contributed by atoms with Gasteiger partial charge in [0.25, 0.3) is 0 Å². The second-order valence-electron chi connectivity index (χ2n) is 28.7. The SMILES string of the molecule is CCC(C)CCCCCCCCC(=O)OC[C@H](COP(=O)(O)OC[C@H](O)COP(=O)(O)OC[C@@H](COC(=O)CCCCCCCCCCCC(C)C)OC(=O)CCCCCCCCCCCCCC(C)C)OC(=O)CCCCCCCCCCCCCCCCCC(C)C. The van der Waals surface area contributed by atoms with E-state index in [1.807, 2.05) is 0 Å². The molecule has 0 fully saturated rings. The average molecular weight is 1380 g/mol. The Labute approximate surface area is 575 Å². The number of unbranched alkanes of at least 4 members (excludes halogenated alkanes) is 37. The standard InChI is InChI=1S/C75H146O17P2/c1-9-68(8)54-46-38-33-34-40-48-56-73(78)86-62-71(92-74(79)57-49-41-31-24-18-14-12-10-11-13-16-21-27-35-43-51-65(2)3)64-90-94(83,84)88-60-69(76)59-87-93(81,82)89-63-70(61-85-72(77)55-47-39-30-26-20-23-29-37-45-53-67(6)7)91-75(80)58-50-42-32-25-19-15-17-22-28-36-44-52-66(4)5/h65-71,76H,9-64H2,1-8H3,(H,81,82)(H,83,84)/t68?,69-,70-,71-/m1/s1. The van der Waals surface area contributed by atoms with Gasteiger partial charge in [0.05, 0.1) is 26.4 Å². The fourth-order valence-corrected chi connectivity index (χ4v) is 12.9. The van der Waals surface area contributed by atoms with Crippen molar-refractivity contribution in [1.29, 1.82) is 0 Å². The molecule has 558 valence electrons. The number of carbonyl (C=O) groups is 4. The molecule has 0 aliphatic heterocycles. The lowest BCUT2D eigenvalue weighted by atomic mass is 10.00. The predicted molar refractivity (Wildman–Crippen MR) is 381 cm³/mol. The molecule has 0 saturated heterocycles. The first-order valence-corrected chi connectivity index (χ1v) is 41.7. The summed E-state index contributed by atoms with van der Waals surface area (Å²) in [6, 6.07) is 0. The molecule has 0 aromatic rings. The van der Waals surface area contributed by atoms with E-state index in [0.29, 0.717) is 25.7 Å². The van der Waals surface area contributed by atoms with Crippen LogP contribution in [0.5, 0.6) is 0 Å². The van der Waals surface area contributed by atoms with Crippen molar-refractivity contribution in [3.8, 4) is 0 Å². The first kappa shape index (κ1) is 92.1. The zero-order chi connectivity index (χ0) is 69.6. The Bertz CT molecular complexity index is 1850. The number of carbonyl (C=O) groups excluding carboxylic acids is 4. The van der Waals surface area contributed by atoms with Gasteiger partial charge in [0.15, 0.2) is 12.2 Å². The quantitative estimate of drug-likeness (QED) is 0.0222. The van der Waals surface area contributed by atoms with Gasteiger partial charge in [-0.3, -0.25) is 37.3 Å². The second kappa shape index (κ2) is 64.4. The monoisotopic (exact) mass is 1380 g/mol.